The molecule has 5 rings (SSSR count). The fraction of sp³-hybridized carbons (Fsp3) is 0.281. The summed E-state index contributed by atoms with van der Waals surface area (Å²) in [4.78, 5) is 20.7. The molecule has 236 valence electrons. The van der Waals surface area contributed by atoms with E-state index in [1.54, 1.807) is 37.6 Å². The highest BCUT2D eigenvalue weighted by atomic mass is 35.5. The minimum absolute atomic E-state index is 0.0663. The molecule has 1 aliphatic rings. The number of nitrogens with one attached hydrogen (secondary N) is 4. The molecule has 0 aliphatic carbocycles. The zero-order valence-corrected chi connectivity index (χ0v) is 26.7. The number of aliphatic hydroxyl groups is 1. The Kier molecular flexibility index (Phi) is 11.1. The molecular formula is C32H32Cl3FN6O3. The van der Waals surface area contributed by atoms with Crippen LogP contribution < -0.4 is 26.0 Å². The quantitative estimate of drug-likeness (QED) is 0.108. The van der Waals surface area contributed by atoms with E-state index in [-0.39, 0.29) is 35.8 Å². The van der Waals surface area contributed by atoms with Crippen LogP contribution in [0, 0.1) is 5.82 Å². The van der Waals surface area contributed by atoms with Crippen molar-refractivity contribution in [2.45, 2.75) is 32.0 Å². The van der Waals surface area contributed by atoms with E-state index in [0.29, 0.717) is 75.7 Å². The third-order valence-corrected chi connectivity index (χ3v) is 8.34. The molecule has 3 heterocycles. The molecule has 45 heavy (non-hydrogen) atoms. The second-order valence-electron chi connectivity index (χ2n) is 10.4. The number of halogens is 4. The number of benzene rings is 2. The summed E-state index contributed by atoms with van der Waals surface area (Å²) in [6, 6.07) is 13.9. The summed E-state index contributed by atoms with van der Waals surface area (Å²) in [5.74, 6) is 0.0351. The third-order valence-electron chi connectivity index (χ3n) is 7.33. The zero-order chi connectivity index (χ0) is 31.9. The second-order valence-corrected chi connectivity index (χ2v) is 11.6. The number of hydrogen-bond acceptors (Lipinski definition) is 8. The van der Waals surface area contributed by atoms with E-state index >= 15 is 4.39 Å². The Hall–Kier alpha value is -3.51. The van der Waals surface area contributed by atoms with E-state index in [0.717, 1.165) is 12.0 Å². The fourth-order valence-electron chi connectivity index (χ4n) is 5.10. The van der Waals surface area contributed by atoms with Crippen molar-refractivity contribution >= 4 is 52.1 Å². The van der Waals surface area contributed by atoms with Crippen LogP contribution >= 0.6 is 34.8 Å². The monoisotopic (exact) mass is 672 g/mol. The standard InChI is InChI=1S/C32H32Cl3FN6O3/c1-45-32-18(15-38-17-21-6-8-27(44)40-21)5-7-24(42-32)22-9-10-39-31(29(22)35)23-3-2-4-25(28(23)34)41-26-14-20(33)13-19(30(26)36)16-37-11-12-43/h2-5,7,9-10,13-14,21,37-38,41,43H,6,8,11-12,15-17H2,1H3,(H,40,44)/t21-/m0/s1. The second kappa shape index (κ2) is 15.2. The predicted molar refractivity (Wildman–Crippen MR) is 176 cm³/mol. The first-order valence-electron chi connectivity index (χ1n) is 14.3. The Morgan fingerprint density at radius 1 is 1.02 bits per heavy atom. The van der Waals surface area contributed by atoms with Gasteiger partial charge in [-0.25, -0.2) is 9.37 Å². The van der Waals surface area contributed by atoms with Crippen molar-refractivity contribution < 1.29 is 19.0 Å². The highest BCUT2D eigenvalue weighted by molar-refractivity contribution is 6.39. The molecule has 0 saturated carbocycles. The van der Waals surface area contributed by atoms with Gasteiger partial charge in [0.25, 0.3) is 0 Å². The zero-order valence-electron chi connectivity index (χ0n) is 24.4. The van der Waals surface area contributed by atoms with Gasteiger partial charge in [-0.3, -0.25) is 9.78 Å². The molecule has 1 aliphatic heterocycles. The van der Waals surface area contributed by atoms with Crippen LogP contribution in [0.25, 0.3) is 22.5 Å². The molecule has 1 saturated heterocycles. The van der Waals surface area contributed by atoms with Gasteiger partial charge in [0.05, 0.1) is 46.5 Å². The summed E-state index contributed by atoms with van der Waals surface area (Å²) in [5, 5.41) is 22.3. The summed E-state index contributed by atoms with van der Waals surface area (Å²) >= 11 is 20.0. The van der Waals surface area contributed by atoms with Crippen LogP contribution in [-0.2, 0) is 17.9 Å². The molecule has 1 fully saturated rings. The molecule has 0 radical (unpaired) electrons. The number of anilines is 2. The predicted octanol–water partition coefficient (Wildman–Crippen LogP) is 6.11. The van der Waals surface area contributed by atoms with E-state index in [4.69, 9.17) is 49.6 Å². The Labute approximate surface area is 275 Å². The first-order valence-corrected chi connectivity index (χ1v) is 15.5. The molecule has 0 unspecified atom stereocenters. The lowest BCUT2D eigenvalue weighted by Crippen LogP contribution is -2.35. The number of carbonyl (C=O) groups excluding carboxylic acids is 1. The molecule has 13 heteroatoms. The van der Waals surface area contributed by atoms with Crippen molar-refractivity contribution in [3.8, 4) is 28.4 Å². The van der Waals surface area contributed by atoms with Gasteiger partial charge in [-0.2, -0.15) is 0 Å². The Morgan fingerprint density at radius 2 is 1.84 bits per heavy atom. The van der Waals surface area contributed by atoms with Gasteiger partial charge in [0.2, 0.25) is 11.8 Å². The average molecular weight is 674 g/mol. The van der Waals surface area contributed by atoms with Crippen LogP contribution in [0.5, 0.6) is 5.88 Å². The van der Waals surface area contributed by atoms with Crippen molar-refractivity contribution in [1.82, 2.24) is 25.9 Å². The number of amides is 1. The first kappa shape index (κ1) is 32.9. The average Bonchev–Trinajstić information content (AvgIpc) is 3.45. The van der Waals surface area contributed by atoms with Gasteiger partial charge < -0.3 is 31.1 Å². The third kappa shape index (κ3) is 7.84. The molecule has 1 atom stereocenters. The number of rotatable bonds is 13. The maximum absolute atomic E-state index is 15.3. The number of methoxy groups -OCH3 is 1. The van der Waals surface area contributed by atoms with Crippen LogP contribution in [0.1, 0.15) is 24.0 Å². The molecule has 2 aromatic heterocycles. The van der Waals surface area contributed by atoms with Gasteiger partial charge in [0.1, 0.15) is 0 Å². The van der Waals surface area contributed by atoms with Crippen molar-refractivity contribution in [3.05, 3.63) is 86.7 Å². The van der Waals surface area contributed by atoms with Gasteiger partial charge in [-0.15, -0.1) is 0 Å². The lowest BCUT2D eigenvalue weighted by atomic mass is 10.0. The first-order chi connectivity index (χ1) is 21.8. The van der Waals surface area contributed by atoms with Gasteiger partial charge >= 0.3 is 0 Å². The smallest absolute Gasteiger partial charge is 0.220 e. The van der Waals surface area contributed by atoms with Crippen LogP contribution in [-0.4, -0.2) is 53.8 Å². The number of hydrogen-bond donors (Lipinski definition) is 5. The minimum Gasteiger partial charge on any atom is -0.481 e. The number of nitrogens with zero attached hydrogens (tertiary/aromatic N) is 2. The topological polar surface area (TPSA) is 120 Å². The fourth-order valence-corrected chi connectivity index (χ4v) is 5.91. The van der Waals surface area contributed by atoms with Crippen LogP contribution in [0.3, 0.4) is 0 Å². The largest absolute Gasteiger partial charge is 0.481 e. The van der Waals surface area contributed by atoms with Gasteiger partial charge in [-0.1, -0.05) is 53.0 Å². The normalized spacial score (nSPS) is 14.4. The summed E-state index contributed by atoms with van der Waals surface area (Å²) in [6.45, 7) is 1.61. The van der Waals surface area contributed by atoms with Crippen molar-refractivity contribution in [1.29, 1.82) is 0 Å². The molecular weight excluding hydrogens is 642 g/mol. The summed E-state index contributed by atoms with van der Waals surface area (Å²) < 4.78 is 20.9. The molecule has 9 nitrogen and oxygen atoms in total. The number of pyridine rings is 2. The highest BCUT2D eigenvalue weighted by Gasteiger charge is 2.21. The molecule has 2 aromatic carbocycles. The van der Waals surface area contributed by atoms with Gasteiger partial charge in [0, 0.05) is 72.1 Å². The Morgan fingerprint density at radius 3 is 2.60 bits per heavy atom. The van der Waals surface area contributed by atoms with Crippen molar-refractivity contribution in [2.24, 2.45) is 0 Å². The molecule has 0 bridgehead atoms. The summed E-state index contributed by atoms with van der Waals surface area (Å²) in [5.41, 5.74) is 3.95. The summed E-state index contributed by atoms with van der Waals surface area (Å²) in [7, 11) is 1.56. The van der Waals surface area contributed by atoms with Crippen LogP contribution in [0.4, 0.5) is 15.8 Å². The maximum atomic E-state index is 15.3. The molecule has 4 aromatic rings. The van der Waals surface area contributed by atoms with E-state index < -0.39 is 5.82 Å². The lowest BCUT2D eigenvalue weighted by Gasteiger charge is -2.16. The van der Waals surface area contributed by atoms with E-state index in [9.17, 15) is 4.79 Å². The van der Waals surface area contributed by atoms with Crippen LogP contribution in [0.2, 0.25) is 15.1 Å². The molecule has 5 N–H and O–H groups in total. The van der Waals surface area contributed by atoms with Crippen molar-refractivity contribution in [2.75, 3.05) is 32.1 Å². The minimum atomic E-state index is -0.492. The van der Waals surface area contributed by atoms with E-state index in [2.05, 4.69) is 26.3 Å². The number of aliphatic hydroxyl groups excluding tert-OH is 1. The van der Waals surface area contributed by atoms with E-state index in [1.807, 2.05) is 12.1 Å². The number of ether oxygens (including phenoxy) is 1. The SMILES string of the molecule is COc1nc(-c2ccnc(-c3cccc(Nc4cc(Cl)cc(CNCCO)c4F)c3Cl)c2Cl)ccc1CNC[C@@H]1CCC(=O)N1. The Balaban J connectivity index is 1.38. The number of aromatic nitrogens is 2. The summed E-state index contributed by atoms with van der Waals surface area (Å²) in [6.07, 6.45) is 2.99. The highest BCUT2D eigenvalue weighted by Crippen LogP contribution is 2.41. The number of carbonyl (C=O) groups is 1. The van der Waals surface area contributed by atoms with Crippen LogP contribution in [0.15, 0.2) is 54.7 Å². The van der Waals surface area contributed by atoms with Gasteiger partial charge in [-0.05, 0) is 36.8 Å². The van der Waals surface area contributed by atoms with Crippen molar-refractivity contribution in [3.63, 3.8) is 0 Å². The lowest BCUT2D eigenvalue weighted by molar-refractivity contribution is -0.119. The van der Waals surface area contributed by atoms with Gasteiger partial charge in [0.15, 0.2) is 5.82 Å². The molecule has 1 amide bonds. The Bertz CT molecular complexity index is 1690. The maximum Gasteiger partial charge on any atom is 0.220 e. The van der Waals surface area contributed by atoms with E-state index in [1.165, 1.54) is 12.1 Å². The molecule has 0 spiro atoms.